The minimum atomic E-state index is -5.15. The van der Waals surface area contributed by atoms with E-state index in [0.717, 1.165) is 16.6 Å². The summed E-state index contributed by atoms with van der Waals surface area (Å²) in [5, 5.41) is 0. The summed E-state index contributed by atoms with van der Waals surface area (Å²) in [5.41, 5.74) is 4.19. The SMILES string of the molecule is CC(=O)O[C@H]1c2ccc(N(C(=O)C(F)(F)F)C3COc4c3cccc4-n3c(C)nc4cc(C)ccc43)cc2OC1C. The van der Waals surface area contributed by atoms with Gasteiger partial charge in [0.25, 0.3) is 0 Å². The lowest BCUT2D eigenvalue weighted by Crippen LogP contribution is -2.44. The monoisotopic (exact) mass is 565 g/mol. The molecule has 41 heavy (non-hydrogen) atoms. The maximum atomic E-state index is 14.0. The van der Waals surface area contributed by atoms with Crippen LogP contribution in [0.15, 0.2) is 54.6 Å². The van der Waals surface area contributed by atoms with Gasteiger partial charge in [0.2, 0.25) is 0 Å². The highest BCUT2D eigenvalue weighted by molar-refractivity contribution is 5.98. The lowest BCUT2D eigenvalue weighted by Gasteiger charge is -2.29. The van der Waals surface area contributed by atoms with Crippen molar-refractivity contribution in [1.29, 1.82) is 0 Å². The molecule has 3 aromatic carbocycles. The van der Waals surface area contributed by atoms with Crippen molar-refractivity contribution in [1.82, 2.24) is 9.55 Å². The molecular weight excluding hydrogens is 539 g/mol. The van der Waals surface area contributed by atoms with Crippen LogP contribution in [0.25, 0.3) is 16.7 Å². The number of carbonyl (C=O) groups excluding carboxylic acids is 2. The van der Waals surface area contributed by atoms with E-state index in [-0.39, 0.29) is 18.0 Å². The fourth-order valence-corrected chi connectivity index (χ4v) is 5.66. The summed E-state index contributed by atoms with van der Waals surface area (Å²) in [6.07, 6.45) is -6.41. The Balaban J connectivity index is 1.45. The van der Waals surface area contributed by atoms with Gasteiger partial charge >= 0.3 is 18.1 Å². The average Bonchev–Trinajstić information content (AvgIpc) is 3.56. The van der Waals surface area contributed by atoms with Gasteiger partial charge in [0.1, 0.15) is 30.0 Å². The van der Waals surface area contributed by atoms with E-state index in [1.54, 1.807) is 19.1 Å². The molecule has 1 aromatic heterocycles. The van der Waals surface area contributed by atoms with E-state index in [2.05, 4.69) is 4.98 Å². The predicted octanol–water partition coefficient (Wildman–Crippen LogP) is 6.06. The number of benzene rings is 3. The Kier molecular flexibility index (Phi) is 6.20. The lowest BCUT2D eigenvalue weighted by molar-refractivity contribution is -0.171. The zero-order valence-electron chi connectivity index (χ0n) is 22.7. The third-order valence-electron chi connectivity index (χ3n) is 7.37. The summed E-state index contributed by atoms with van der Waals surface area (Å²) >= 11 is 0. The fourth-order valence-electron chi connectivity index (χ4n) is 5.66. The number of carbonyl (C=O) groups is 2. The molecule has 0 spiro atoms. The Bertz CT molecular complexity index is 1710. The number of aryl methyl sites for hydroxylation is 2. The molecule has 3 atom stereocenters. The number of amides is 1. The first-order valence-corrected chi connectivity index (χ1v) is 13.0. The smallest absolute Gasteiger partial charge is 0.471 e. The van der Waals surface area contributed by atoms with E-state index in [1.165, 1.54) is 25.1 Å². The van der Waals surface area contributed by atoms with E-state index in [9.17, 15) is 22.8 Å². The van der Waals surface area contributed by atoms with E-state index in [1.807, 2.05) is 42.7 Å². The van der Waals surface area contributed by atoms with Crippen molar-refractivity contribution in [3.05, 3.63) is 77.1 Å². The standard InChI is InChI=1S/C30H26F3N3O5/c1-15-8-11-23-22(12-15)34-17(3)35(23)24-7-5-6-20-25(14-39-28(20)24)36(29(38)30(31,32)33)19-9-10-21-26(13-19)40-16(2)27(21)41-18(4)37/h5-13,16,25,27H,14H2,1-4H3/t16?,25?,27-/m1/s1. The molecule has 4 aromatic rings. The van der Waals surface area contributed by atoms with Crippen LogP contribution in [0.3, 0.4) is 0 Å². The van der Waals surface area contributed by atoms with Crippen molar-refractivity contribution in [2.45, 2.75) is 52.1 Å². The van der Waals surface area contributed by atoms with Crippen molar-refractivity contribution >= 4 is 28.6 Å². The molecule has 0 radical (unpaired) electrons. The number of rotatable bonds is 4. The molecule has 6 rings (SSSR count). The quantitative estimate of drug-likeness (QED) is 0.280. The molecule has 0 bridgehead atoms. The van der Waals surface area contributed by atoms with Crippen molar-refractivity contribution in [3.63, 3.8) is 0 Å². The van der Waals surface area contributed by atoms with Gasteiger partial charge in [0, 0.05) is 29.8 Å². The Morgan fingerprint density at radius 1 is 1.07 bits per heavy atom. The number of fused-ring (bicyclic) bond motifs is 3. The minimum Gasteiger partial charge on any atom is -0.488 e. The van der Waals surface area contributed by atoms with E-state index < -0.39 is 36.3 Å². The van der Waals surface area contributed by atoms with Gasteiger partial charge in [0.05, 0.1) is 22.8 Å². The second-order valence-electron chi connectivity index (χ2n) is 10.3. The van der Waals surface area contributed by atoms with Gasteiger partial charge in [0.15, 0.2) is 6.10 Å². The third-order valence-corrected chi connectivity index (χ3v) is 7.37. The fraction of sp³-hybridized carbons (Fsp3) is 0.300. The van der Waals surface area contributed by atoms with Crippen LogP contribution in [-0.4, -0.2) is 40.3 Å². The highest BCUT2D eigenvalue weighted by Gasteiger charge is 2.48. The van der Waals surface area contributed by atoms with Gasteiger partial charge in [-0.05, 0) is 56.7 Å². The Morgan fingerprint density at radius 3 is 2.59 bits per heavy atom. The molecule has 0 saturated carbocycles. The number of para-hydroxylation sites is 1. The number of nitrogens with zero attached hydrogens (tertiary/aromatic N) is 3. The number of imidazole rings is 1. The highest BCUT2D eigenvalue weighted by Crippen LogP contribution is 2.47. The zero-order valence-corrected chi connectivity index (χ0v) is 22.7. The summed E-state index contributed by atoms with van der Waals surface area (Å²) in [6, 6.07) is 14.3. The van der Waals surface area contributed by atoms with E-state index >= 15 is 0 Å². The predicted molar refractivity (Wildman–Crippen MR) is 143 cm³/mol. The number of aromatic nitrogens is 2. The molecule has 2 aliphatic rings. The molecule has 2 unspecified atom stereocenters. The van der Waals surface area contributed by atoms with Crippen molar-refractivity contribution in [2.75, 3.05) is 11.5 Å². The van der Waals surface area contributed by atoms with Gasteiger partial charge in [-0.3, -0.25) is 19.1 Å². The first kappa shape index (κ1) is 26.7. The number of alkyl halides is 3. The van der Waals surface area contributed by atoms with Crippen LogP contribution in [-0.2, 0) is 14.3 Å². The van der Waals surface area contributed by atoms with Crippen LogP contribution in [0.1, 0.15) is 48.5 Å². The molecule has 8 nitrogen and oxygen atoms in total. The van der Waals surface area contributed by atoms with Crippen LogP contribution < -0.4 is 14.4 Å². The third kappa shape index (κ3) is 4.45. The van der Waals surface area contributed by atoms with Gasteiger partial charge in [-0.15, -0.1) is 0 Å². The van der Waals surface area contributed by atoms with Crippen molar-refractivity contribution in [3.8, 4) is 17.2 Å². The van der Waals surface area contributed by atoms with Crippen molar-refractivity contribution < 1.29 is 37.0 Å². The summed E-state index contributed by atoms with van der Waals surface area (Å²) < 4.78 is 61.0. The highest BCUT2D eigenvalue weighted by atomic mass is 19.4. The molecule has 0 fully saturated rings. The largest absolute Gasteiger partial charge is 0.488 e. The molecule has 0 saturated heterocycles. The molecular formula is C30H26F3N3O5. The lowest BCUT2D eigenvalue weighted by atomic mass is 10.0. The summed E-state index contributed by atoms with van der Waals surface area (Å²) in [7, 11) is 0. The van der Waals surface area contributed by atoms with Crippen LogP contribution in [0.5, 0.6) is 11.5 Å². The number of halogens is 3. The molecule has 3 heterocycles. The Hall–Kier alpha value is -4.54. The Morgan fingerprint density at radius 2 is 1.85 bits per heavy atom. The molecule has 1 amide bonds. The number of anilines is 1. The van der Waals surface area contributed by atoms with Gasteiger partial charge in [-0.2, -0.15) is 13.2 Å². The molecule has 2 aliphatic heterocycles. The van der Waals surface area contributed by atoms with Crippen LogP contribution in [0.4, 0.5) is 18.9 Å². The van der Waals surface area contributed by atoms with Gasteiger partial charge in [-0.1, -0.05) is 18.2 Å². The minimum absolute atomic E-state index is 0.0201. The second kappa shape index (κ2) is 9.53. The first-order valence-electron chi connectivity index (χ1n) is 13.0. The number of hydrogen-bond acceptors (Lipinski definition) is 6. The summed E-state index contributed by atoms with van der Waals surface area (Å²) in [6.45, 7) is 6.58. The molecule has 212 valence electrons. The number of ether oxygens (including phenoxy) is 3. The van der Waals surface area contributed by atoms with Crippen molar-refractivity contribution in [2.24, 2.45) is 0 Å². The molecule has 0 N–H and O–H groups in total. The maximum Gasteiger partial charge on any atom is 0.471 e. The van der Waals surface area contributed by atoms with E-state index in [0.29, 0.717) is 33.3 Å². The van der Waals surface area contributed by atoms with E-state index in [4.69, 9.17) is 14.2 Å². The number of esters is 1. The zero-order chi connectivity index (χ0) is 29.2. The normalized spacial score (nSPS) is 19.3. The number of hydrogen-bond donors (Lipinski definition) is 0. The van der Waals surface area contributed by atoms with Gasteiger partial charge < -0.3 is 14.2 Å². The second-order valence-corrected chi connectivity index (χ2v) is 10.3. The summed E-state index contributed by atoms with van der Waals surface area (Å²) in [5.74, 6) is -1.25. The van der Waals surface area contributed by atoms with Gasteiger partial charge in [-0.25, -0.2) is 4.98 Å². The maximum absolute atomic E-state index is 14.0. The van der Waals surface area contributed by atoms with Crippen LogP contribution in [0, 0.1) is 13.8 Å². The molecule has 0 aliphatic carbocycles. The Labute approximate surface area is 233 Å². The van der Waals surface area contributed by atoms with Crippen LogP contribution >= 0.6 is 0 Å². The first-order chi connectivity index (χ1) is 19.4. The average molecular weight is 566 g/mol. The topological polar surface area (TPSA) is 82.9 Å². The summed E-state index contributed by atoms with van der Waals surface area (Å²) in [4.78, 5) is 29.8. The molecule has 11 heteroatoms. The van der Waals surface area contributed by atoms with Crippen LogP contribution in [0.2, 0.25) is 0 Å².